The van der Waals surface area contributed by atoms with Crippen molar-refractivity contribution in [3.8, 4) is 0 Å². The van der Waals surface area contributed by atoms with Crippen LogP contribution in [0.3, 0.4) is 0 Å². The molecule has 0 radical (unpaired) electrons. The Bertz CT molecular complexity index is 217. The van der Waals surface area contributed by atoms with Gasteiger partial charge in [-0.2, -0.15) is 0 Å². The second-order valence-corrected chi connectivity index (χ2v) is 3.32. The number of esters is 2. The van der Waals surface area contributed by atoms with Crippen molar-refractivity contribution < 1.29 is 28.5 Å². The van der Waals surface area contributed by atoms with Gasteiger partial charge in [-0.05, 0) is 20.8 Å². The predicted octanol–water partition coefficient (Wildman–Crippen LogP) is 1.17. The van der Waals surface area contributed by atoms with Crippen LogP contribution in [0.15, 0.2) is 0 Å². The quantitative estimate of drug-likeness (QED) is 0.643. The van der Waals surface area contributed by atoms with E-state index in [-0.39, 0.29) is 24.6 Å². The zero-order valence-corrected chi connectivity index (χ0v) is 11.9. The Balaban J connectivity index is 0. The maximum absolute atomic E-state index is 10.5. The Hall–Kier alpha value is -1.14. The molecule has 6 nitrogen and oxygen atoms in total. The van der Waals surface area contributed by atoms with E-state index in [4.69, 9.17) is 14.2 Å². The number of ether oxygens (including phenoxy) is 4. The van der Waals surface area contributed by atoms with Gasteiger partial charge in [0.05, 0.1) is 13.2 Å². The highest BCUT2D eigenvalue weighted by atomic mass is 16.6. The first-order valence-corrected chi connectivity index (χ1v) is 5.87. The van der Waals surface area contributed by atoms with Crippen molar-refractivity contribution >= 4 is 11.9 Å². The van der Waals surface area contributed by atoms with Crippen LogP contribution in [0, 0.1) is 0 Å². The van der Waals surface area contributed by atoms with Gasteiger partial charge in [-0.15, -0.1) is 0 Å². The van der Waals surface area contributed by atoms with E-state index in [1.165, 1.54) is 6.92 Å². The Labute approximate surface area is 109 Å². The molecule has 0 aromatic carbocycles. The molecule has 0 amide bonds. The van der Waals surface area contributed by atoms with Gasteiger partial charge in [0.15, 0.2) is 0 Å². The third-order valence-corrected chi connectivity index (χ3v) is 1.50. The van der Waals surface area contributed by atoms with Gasteiger partial charge in [-0.25, -0.2) is 4.79 Å². The summed E-state index contributed by atoms with van der Waals surface area (Å²) in [5.74, 6) is -0.557. The summed E-state index contributed by atoms with van der Waals surface area (Å²) in [7, 11) is 1.57. The molecule has 0 bridgehead atoms. The molecule has 0 aliphatic rings. The number of rotatable bonds is 7. The third kappa shape index (κ3) is 17.3. The summed E-state index contributed by atoms with van der Waals surface area (Å²) in [4.78, 5) is 20.7. The van der Waals surface area contributed by atoms with Crippen molar-refractivity contribution in [2.75, 3.05) is 33.5 Å². The molecular weight excluding hydrogens is 240 g/mol. The molecule has 0 aliphatic carbocycles. The highest BCUT2D eigenvalue weighted by Crippen LogP contribution is 1.90. The van der Waals surface area contributed by atoms with E-state index < -0.39 is 0 Å². The molecule has 18 heavy (non-hydrogen) atoms. The first-order chi connectivity index (χ1) is 8.47. The largest absolute Gasteiger partial charge is 0.464 e. The summed E-state index contributed by atoms with van der Waals surface area (Å²) in [6.45, 7) is 8.27. The summed E-state index contributed by atoms with van der Waals surface area (Å²) in [6.07, 6.45) is -0.132. The number of hydrogen-bond donors (Lipinski definition) is 0. The van der Waals surface area contributed by atoms with Gasteiger partial charge in [0.2, 0.25) is 0 Å². The Morgan fingerprint density at radius 1 is 1.17 bits per heavy atom. The van der Waals surface area contributed by atoms with Crippen LogP contribution in [0.1, 0.15) is 27.7 Å². The molecule has 0 saturated carbocycles. The zero-order valence-electron chi connectivity index (χ0n) is 11.9. The van der Waals surface area contributed by atoms with Crippen molar-refractivity contribution in [3.05, 3.63) is 0 Å². The second kappa shape index (κ2) is 13.9. The predicted molar refractivity (Wildman–Crippen MR) is 66.2 cm³/mol. The second-order valence-electron chi connectivity index (χ2n) is 3.32. The van der Waals surface area contributed by atoms with Gasteiger partial charge >= 0.3 is 11.9 Å². The molecule has 108 valence electrons. The fourth-order valence-electron chi connectivity index (χ4n) is 0.940. The monoisotopic (exact) mass is 264 g/mol. The number of carbonyl (C=O) groups excluding carboxylic acids is 2. The summed E-state index contributed by atoms with van der Waals surface area (Å²) in [6, 6.07) is 0. The van der Waals surface area contributed by atoms with Gasteiger partial charge in [0, 0.05) is 20.6 Å². The lowest BCUT2D eigenvalue weighted by Gasteiger charge is -2.08. The van der Waals surface area contributed by atoms with Gasteiger partial charge in [-0.1, -0.05) is 0 Å². The van der Waals surface area contributed by atoms with Crippen LogP contribution >= 0.6 is 0 Å². The molecule has 1 atom stereocenters. The molecule has 0 rings (SSSR count). The van der Waals surface area contributed by atoms with Gasteiger partial charge in [0.1, 0.15) is 12.7 Å². The van der Waals surface area contributed by atoms with E-state index in [0.29, 0.717) is 19.8 Å². The summed E-state index contributed by atoms with van der Waals surface area (Å²) in [5.41, 5.74) is 0. The first kappa shape index (κ1) is 19.2. The minimum Gasteiger partial charge on any atom is -0.464 e. The molecule has 0 spiro atoms. The van der Waals surface area contributed by atoms with Gasteiger partial charge in [-0.3, -0.25) is 4.79 Å². The highest BCUT2D eigenvalue weighted by molar-refractivity contribution is 5.70. The zero-order chi connectivity index (χ0) is 14.4. The van der Waals surface area contributed by atoms with Crippen molar-refractivity contribution in [2.45, 2.75) is 33.8 Å². The van der Waals surface area contributed by atoms with Crippen molar-refractivity contribution in [1.29, 1.82) is 0 Å². The molecule has 1 unspecified atom stereocenters. The van der Waals surface area contributed by atoms with E-state index in [2.05, 4.69) is 4.74 Å². The topological polar surface area (TPSA) is 71.1 Å². The third-order valence-electron chi connectivity index (χ3n) is 1.50. The number of carbonyl (C=O) groups is 2. The lowest BCUT2D eigenvalue weighted by molar-refractivity contribution is -0.148. The lowest BCUT2D eigenvalue weighted by Crippen LogP contribution is -2.17. The molecule has 0 aliphatic heterocycles. The molecule has 0 fully saturated rings. The maximum Gasteiger partial charge on any atom is 0.332 e. The normalized spacial score (nSPS) is 10.9. The molecule has 0 aromatic rings. The van der Waals surface area contributed by atoms with Crippen LogP contribution in [-0.4, -0.2) is 51.6 Å². The minimum absolute atomic E-state index is 0.0737. The molecule has 0 saturated heterocycles. The molecular formula is C12H24O6. The summed E-state index contributed by atoms with van der Waals surface area (Å²) < 4.78 is 18.8. The Morgan fingerprint density at radius 2 is 1.78 bits per heavy atom. The van der Waals surface area contributed by atoms with Crippen LogP contribution in [0.2, 0.25) is 0 Å². The van der Waals surface area contributed by atoms with E-state index in [1.807, 2.05) is 6.92 Å². The average molecular weight is 264 g/mol. The molecule has 0 aromatic heterocycles. The standard InChI is InChI=1S/2C6H12O3/c1-5(4-8-3)9-6(2)7;1-3-8-5-6(7)9-4-2/h5H,4H2,1-3H3;3-5H2,1-2H3. The van der Waals surface area contributed by atoms with Crippen LogP contribution < -0.4 is 0 Å². The Kier molecular flexibility index (Phi) is 14.9. The lowest BCUT2D eigenvalue weighted by atomic mass is 10.4. The highest BCUT2D eigenvalue weighted by Gasteiger charge is 2.02. The fourth-order valence-corrected chi connectivity index (χ4v) is 0.940. The van der Waals surface area contributed by atoms with E-state index in [1.54, 1.807) is 21.0 Å². The van der Waals surface area contributed by atoms with Crippen LogP contribution in [0.25, 0.3) is 0 Å². The van der Waals surface area contributed by atoms with E-state index >= 15 is 0 Å². The van der Waals surface area contributed by atoms with Gasteiger partial charge in [0.25, 0.3) is 0 Å². The van der Waals surface area contributed by atoms with Crippen molar-refractivity contribution in [2.24, 2.45) is 0 Å². The number of methoxy groups -OCH3 is 1. The van der Waals surface area contributed by atoms with Gasteiger partial charge < -0.3 is 18.9 Å². The summed E-state index contributed by atoms with van der Waals surface area (Å²) >= 11 is 0. The van der Waals surface area contributed by atoms with Crippen molar-refractivity contribution in [3.63, 3.8) is 0 Å². The average Bonchev–Trinajstić information content (AvgIpc) is 2.27. The molecule has 0 N–H and O–H groups in total. The van der Waals surface area contributed by atoms with E-state index in [9.17, 15) is 9.59 Å². The Morgan fingerprint density at radius 3 is 2.17 bits per heavy atom. The molecule has 0 heterocycles. The minimum atomic E-state index is -0.292. The summed E-state index contributed by atoms with van der Waals surface area (Å²) in [5, 5.41) is 0. The van der Waals surface area contributed by atoms with E-state index in [0.717, 1.165) is 0 Å². The van der Waals surface area contributed by atoms with Crippen LogP contribution in [0.4, 0.5) is 0 Å². The SMILES string of the molecule is CCOCC(=O)OCC.COCC(C)OC(C)=O. The molecule has 6 heteroatoms. The van der Waals surface area contributed by atoms with Crippen LogP contribution in [0.5, 0.6) is 0 Å². The smallest absolute Gasteiger partial charge is 0.332 e. The number of hydrogen-bond acceptors (Lipinski definition) is 6. The van der Waals surface area contributed by atoms with Crippen molar-refractivity contribution in [1.82, 2.24) is 0 Å². The fraction of sp³-hybridized carbons (Fsp3) is 0.833. The van der Waals surface area contributed by atoms with Crippen LogP contribution in [-0.2, 0) is 28.5 Å². The first-order valence-electron chi connectivity index (χ1n) is 5.87. The maximum atomic E-state index is 10.5.